The van der Waals surface area contributed by atoms with Crippen molar-refractivity contribution in [3.8, 4) is 0 Å². The number of benzene rings is 3. The molecule has 1 atom stereocenters. The highest BCUT2D eigenvalue weighted by Gasteiger charge is 2.37. The number of nitrogens with zero attached hydrogens (tertiary/aromatic N) is 2. The van der Waals surface area contributed by atoms with Gasteiger partial charge in [-0.1, -0.05) is 12.1 Å². The van der Waals surface area contributed by atoms with Crippen molar-refractivity contribution in [2.24, 2.45) is 0 Å². The average molecular weight is 611 g/mol. The van der Waals surface area contributed by atoms with E-state index in [4.69, 9.17) is 0 Å². The van der Waals surface area contributed by atoms with Crippen LogP contribution in [0, 0.1) is 11.6 Å². The molecule has 0 bridgehead atoms. The van der Waals surface area contributed by atoms with E-state index in [2.05, 4.69) is 4.74 Å². The van der Waals surface area contributed by atoms with Crippen LogP contribution in [0.5, 0.6) is 0 Å². The number of hydrogen-bond acceptors (Lipinski definition) is 5. The summed E-state index contributed by atoms with van der Waals surface area (Å²) in [6, 6.07) is 11.1. The fraction of sp³-hybridized carbons (Fsp3) is 0.310. The predicted octanol–water partition coefficient (Wildman–Crippen LogP) is 5.19. The van der Waals surface area contributed by atoms with E-state index in [0.29, 0.717) is 36.6 Å². The minimum absolute atomic E-state index is 0.0449. The number of carbonyl (C=O) groups is 2. The van der Waals surface area contributed by atoms with Crippen molar-refractivity contribution in [3.63, 3.8) is 0 Å². The monoisotopic (exact) mass is 610 g/mol. The zero-order chi connectivity index (χ0) is 30.7. The fourth-order valence-electron chi connectivity index (χ4n) is 4.82. The Morgan fingerprint density at radius 3 is 2.14 bits per heavy atom. The van der Waals surface area contributed by atoms with E-state index >= 15 is 0 Å². The molecule has 0 radical (unpaired) electrons. The Labute approximate surface area is 239 Å². The van der Waals surface area contributed by atoms with Gasteiger partial charge >= 0.3 is 12.1 Å². The van der Waals surface area contributed by atoms with E-state index in [0.717, 1.165) is 28.6 Å². The molecule has 13 heteroatoms. The first-order valence-electron chi connectivity index (χ1n) is 12.9. The number of alkyl halides is 3. The van der Waals surface area contributed by atoms with Crippen molar-refractivity contribution >= 4 is 21.9 Å². The maximum Gasteiger partial charge on any atom is 0.416 e. The van der Waals surface area contributed by atoms with Gasteiger partial charge in [0, 0.05) is 31.7 Å². The Kier molecular flexibility index (Phi) is 9.31. The number of piperidine rings is 1. The summed E-state index contributed by atoms with van der Waals surface area (Å²) in [7, 11) is -3.16. The quantitative estimate of drug-likeness (QED) is 0.259. The number of likely N-dealkylation sites (tertiary alicyclic amines) is 1. The lowest BCUT2D eigenvalue weighted by atomic mass is 10.0. The van der Waals surface area contributed by atoms with Gasteiger partial charge in [-0.25, -0.2) is 22.0 Å². The summed E-state index contributed by atoms with van der Waals surface area (Å²) in [6.45, 7) is 0.0402. The predicted molar refractivity (Wildman–Crippen MR) is 142 cm³/mol. The van der Waals surface area contributed by atoms with Gasteiger partial charge in [0.25, 0.3) is 0 Å². The molecule has 4 rings (SSSR count). The molecule has 1 amide bonds. The van der Waals surface area contributed by atoms with Crippen LogP contribution in [-0.4, -0.2) is 55.7 Å². The first-order valence-corrected chi connectivity index (χ1v) is 14.3. The molecule has 7 nitrogen and oxygen atoms in total. The molecule has 1 unspecified atom stereocenters. The SMILES string of the molecule is COC(=O)c1ccc(CN(C2CCCN(C(=O)Cc3cc(F)cc(F)c3)C2)S(=O)(=O)c2ccc(C(F)(F)F)cc2)cc1. The molecular weight excluding hydrogens is 583 g/mol. The van der Waals surface area contributed by atoms with E-state index in [1.807, 2.05) is 0 Å². The smallest absolute Gasteiger partial charge is 0.416 e. The van der Waals surface area contributed by atoms with Crippen molar-refractivity contribution < 1.29 is 44.7 Å². The molecule has 3 aromatic rings. The van der Waals surface area contributed by atoms with Crippen LogP contribution in [0.25, 0.3) is 0 Å². The lowest BCUT2D eigenvalue weighted by molar-refractivity contribution is -0.137. The second kappa shape index (κ2) is 12.6. The molecule has 0 spiro atoms. The molecule has 3 aromatic carbocycles. The largest absolute Gasteiger partial charge is 0.465 e. The molecule has 1 fully saturated rings. The van der Waals surface area contributed by atoms with Crippen molar-refractivity contribution in [2.45, 2.75) is 42.9 Å². The minimum Gasteiger partial charge on any atom is -0.465 e. The van der Waals surface area contributed by atoms with E-state index in [9.17, 15) is 40.0 Å². The molecule has 42 heavy (non-hydrogen) atoms. The molecule has 0 aromatic heterocycles. The summed E-state index contributed by atoms with van der Waals surface area (Å²) in [5.74, 6) is -2.71. The number of hydrogen-bond donors (Lipinski definition) is 0. The fourth-order valence-corrected chi connectivity index (χ4v) is 6.46. The number of esters is 1. The van der Waals surface area contributed by atoms with Crippen LogP contribution in [0.2, 0.25) is 0 Å². The third kappa shape index (κ3) is 7.32. The van der Waals surface area contributed by atoms with Crippen molar-refractivity contribution in [2.75, 3.05) is 20.2 Å². The number of ether oxygens (including phenoxy) is 1. The summed E-state index contributed by atoms with van der Waals surface area (Å²) in [5.41, 5.74) is -0.160. The summed E-state index contributed by atoms with van der Waals surface area (Å²) >= 11 is 0. The highest BCUT2D eigenvalue weighted by Crippen LogP contribution is 2.32. The van der Waals surface area contributed by atoms with Gasteiger partial charge in [-0.05, 0) is 72.5 Å². The first kappa shape index (κ1) is 31.1. The van der Waals surface area contributed by atoms with Gasteiger partial charge in [0.2, 0.25) is 15.9 Å². The van der Waals surface area contributed by atoms with Crippen LogP contribution < -0.4 is 0 Å². The Balaban J connectivity index is 1.63. The Morgan fingerprint density at radius 2 is 1.57 bits per heavy atom. The van der Waals surface area contributed by atoms with Crippen molar-refractivity contribution in [1.29, 1.82) is 0 Å². The normalized spacial score (nSPS) is 16.0. The van der Waals surface area contributed by atoms with Gasteiger partial charge in [0.05, 0.1) is 29.6 Å². The Bertz CT molecular complexity index is 1520. The Morgan fingerprint density at radius 1 is 0.952 bits per heavy atom. The van der Waals surface area contributed by atoms with E-state index in [-0.39, 0.29) is 42.1 Å². The third-order valence-corrected chi connectivity index (χ3v) is 8.85. The summed E-state index contributed by atoms with van der Waals surface area (Å²) in [4.78, 5) is 25.9. The zero-order valence-corrected chi connectivity index (χ0v) is 23.2. The van der Waals surface area contributed by atoms with Gasteiger partial charge < -0.3 is 9.64 Å². The molecular formula is C29H27F5N2O5S. The zero-order valence-electron chi connectivity index (χ0n) is 22.4. The van der Waals surface area contributed by atoms with Gasteiger partial charge in [0.1, 0.15) is 11.6 Å². The van der Waals surface area contributed by atoms with Crippen LogP contribution >= 0.6 is 0 Å². The number of amides is 1. The van der Waals surface area contributed by atoms with Gasteiger partial charge in [-0.2, -0.15) is 17.5 Å². The summed E-state index contributed by atoms with van der Waals surface area (Å²) in [6.07, 6.45) is -4.20. The van der Waals surface area contributed by atoms with Crippen molar-refractivity contribution in [1.82, 2.24) is 9.21 Å². The number of carbonyl (C=O) groups excluding carboxylic acids is 2. The maximum atomic E-state index is 13.8. The average Bonchev–Trinajstić information content (AvgIpc) is 2.95. The van der Waals surface area contributed by atoms with Crippen LogP contribution in [0.1, 0.15) is 39.9 Å². The highest BCUT2D eigenvalue weighted by atomic mass is 32.2. The second-order valence-electron chi connectivity index (χ2n) is 9.85. The summed E-state index contributed by atoms with van der Waals surface area (Å²) < 4.78 is 100. The third-order valence-electron chi connectivity index (χ3n) is 6.94. The molecule has 0 aliphatic carbocycles. The second-order valence-corrected chi connectivity index (χ2v) is 11.7. The lowest BCUT2D eigenvalue weighted by Crippen LogP contribution is -2.51. The van der Waals surface area contributed by atoms with E-state index in [1.165, 1.54) is 36.3 Å². The van der Waals surface area contributed by atoms with Crippen LogP contribution in [-0.2, 0) is 38.7 Å². The molecule has 1 saturated heterocycles. The number of halogens is 5. The highest BCUT2D eigenvalue weighted by molar-refractivity contribution is 7.89. The van der Waals surface area contributed by atoms with E-state index < -0.39 is 51.3 Å². The molecule has 1 heterocycles. The topological polar surface area (TPSA) is 84.0 Å². The minimum atomic E-state index is -4.65. The Hall–Kier alpha value is -3.84. The summed E-state index contributed by atoms with van der Waals surface area (Å²) in [5, 5.41) is 0. The molecule has 0 N–H and O–H groups in total. The lowest BCUT2D eigenvalue weighted by Gasteiger charge is -2.39. The molecule has 0 saturated carbocycles. The molecule has 224 valence electrons. The number of methoxy groups -OCH3 is 1. The molecule has 1 aliphatic rings. The first-order chi connectivity index (χ1) is 19.8. The van der Waals surface area contributed by atoms with Crippen molar-refractivity contribution in [3.05, 3.63) is 101 Å². The van der Waals surface area contributed by atoms with Gasteiger partial charge in [-0.3, -0.25) is 4.79 Å². The van der Waals surface area contributed by atoms with E-state index in [1.54, 1.807) is 0 Å². The standard InChI is InChI=1S/C29H27F5N2O5S/c1-41-28(38)21-6-4-19(5-7-21)17-36(42(39,40)26-10-8-22(9-11-26)29(32,33)34)25-3-2-12-35(18-25)27(37)15-20-13-23(30)16-24(31)14-20/h4-11,13-14,16,25H,2-3,12,15,17-18H2,1H3. The van der Waals surface area contributed by atoms with Crippen LogP contribution in [0.15, 0.2) is 71.6 Å². The van der Waals surface area contributed by atoms with Gasteiger partial charge in [0.15, 0.2) is 0 Å². The van der Waals surface area contributed by atoms with Crippen LogP contribution in [0.3, 0.4) is 0 Å². The van der Waals surface area contributed by atoms with Gasteiger partial charge in [-0.15, -0.1) is 0 Å². The number of rotatable bonds is 8. The number of sulfonamides is 1. The molecule has 1 aliphatic heterocycles. The maximum absolute atomic E-state index is 13.8. The van der Waals surface area contributed by atoms with Crippen LogP contribution in [0.4, 0.5) is 22.0 Å².